The van der Waals surface area contributed by atoms with E-state index in [1.807, 2.05) is 31.2 Å². The van der Waals surface area contributed by atoms with E-state index in [4.69, 9.17) is 10.00 Å². The molecule has 0 aliphatic carbocycles. The van der Waals surface area contributed by atoms with Crippen molar-refractivity contribution in [2.75, 3.05) is 18.1 Å². The van der Waals surface area contributed by atoms with Crippen LogP contribution < -0.4 is 4.90 Å². The summed E-state index contributed by atoms with van der Waals surface area (Å²) in [4.78, 5) is 24.9. The monoisotopic (exact) mass is 288 g/mol. The number of carbonyl (C=O) groups is 2. The summed E-state index contributed by atoms with van der Waals surface area (Å²) in [6, 6.07) is 9.49. The van der Waals surface area contributed by atoms with E-state index in [2.05, 4.69) is 0 Å². The van der Waals surface area contributed by atoms with Gasteiger partial charge in [0.15, 0.2) is 0 Å². The number of rotatable bonds is 7. The Labute approximate surface area is 125 Å². The van der Waals surface area contributed by atoms with Gasteiger partial charge in [0.1, 0.15) is 6.54 Å². The molecule has 1 aromatic rings. The molecule has 1 rings (SSSR count). The van der Waals surface area contributed by atoms with Crippen LogP contribution >= 0.6 is 0 Å². The minimum absolute atomic E-state index is 0.0298. The molecule has 5 heteroatoms. The number of aryl methyl sites for hydroxylation is 1. The first-order chi connectivity index (χ1) is 10.1. The lowest BCUT2D eigenvalue weighted by Crippen LogP contribution is -2.31. The molecule has 0 fully saturated rings. The molecule has 0 saturated heterocycles. The Hall–Kier alpha value is -2.35. The number of amides is 1. The van der Waals surface area contributed by atoms with E-state index in [1.165, 1.54) is 4.90 Å². The molecule has 0 N–H and O–H groups in total. The summed E-state index contributed by atoms with van der Waals surface area (Å²) in [6.07, 6.45) is 0.921. The van der Waals surface area contributed by atoms with Crippen molar-refractivity contribution in [3.8, 4) is 6.07 Å². The van der Waals surface area contributed by atoms with Gasteiger partial charge in [-0.25, -0.2) is 0 Å². The second-order valence-electron chi connectivity index (χ2n) is 4.47. The van der Waals surface area contributed by atoms with Crippen molar-refractivity contribution in [1.82, 2.24) is 0 Å². The summed E-state index contributed by atoms with van der Waals surface area (Å²) in [7, 11) is 0. The Morgan fingerprint density at radius 2 is 2.05 bits per heavy atom. The molecule has 0 atom stereocenters. The van der Waals surface area contributed by atoms with Gasteiger partial charge >= 0.3 is 5.97 Å². The molecule has 0 heterocycles. The summed E-state index contributed by atoms with van der Waals surface area (Å²) in [5.74, 6) is -0.650. The van der Waals surface area contributed by atoms with Crippen LogP contribution in [0.4, 0.5) is 5.69 Å². The highest BCUT2D eigenvalue weighted by atomic mass is 16.5. The molecular formula is C16H20N2O3. The highest BCUT2D eigenvalue weighted by Crippen LogP contribution is 2.18. The average molecular weight is 288 g/mol. The molecular weight excluding hydrogens is 268 g/mol. The quantitative estimate of drug-likeness (QED) is 0.571. The number of benzene rings is 1. The lowest BCUT2D eigenvalue weighted by Gasteiger charge is -2.20. The molecule has 0 bridgehead atoms. The number of hydrogen-bond donors (Lipinski definition) is 0. The standard InChI is InChI=1S/C16H20N2O3/c1-3-13-6-5-7-14(12-13)18(11-10-17)15(19)8-9-16(20)21-4-2/h5-7,12H,3-4,8-9,11H2,1-2H3. The summed E-state index contributed by atoms with van der Waals surface area (Å²) in [6.45, 7) is 4.01. The fourth-order valence-electron chi connectivity index (χ4n) is 1.92. The van der Waals surface area contributed by atoms with Gasteiger partial charge in [0.2, 0.25) is 5.91 Å². The molecule has 0 spiro atoms. The van der Waals surface area contributed by atoms with Crippen molar-refractivity contribution < 1.29 is 14.3 Å². The van der Waals surface area contributed by atoms with Gasteiger partial charge in [-0.15, -0.1) is 0 Å². The molecule has 0 aliphatic heterocycles. The van der Waals surface area contributed by atoms with Gasteiger partial charge < -0.3 is 4.74 Å². The summed E-state index contributed by atoms with van der Waals surface area (Å²) in [5, 5.41) is 8.90. The molecule has 5 nitrogen and oxygen atoms in total. The maximum Gasteiger partial charge on any atom is 0.306 e. The van der Waals surface area contributed by atoms with Crippen LogP contribution in [0.3, 0.4) is 0 Å². The van der Waals surface area contributed by atoms with Gasteiger partial charge in [-0.05, 0) is 31.0 Å². The topological polar surface area (TPSA) is 70.4 Å². The van der Waals surface area contributed by atoms with Crippen LogP contribution in [0.5, 0.6) is 0 Å². The van der Waals surface area contributed by atoms with Crippen molar-refractivity contribution >= 4 is 17.6 Å². The third-order valence-corrected chi connectivity index (χ3v) is 3.01. The number of carbonyl (C=O) groups excluding carboxylic acids is 2. The minimum Gasteiger partial charge on any atom is -0.466 e. The zero-order valence-electron chi connectivity index (χ0n) is 12.5. The number of hydrogen-bond acceptors (Lipinski definition) is 4. The van der Waals surface area contributed by atoms with Crippen LogP contribution in [0, 0.1) is 11.3 Å². The van der Waals surface area contributed by atoms with E-state index in [9.17, 15) is 9.59 Å². The normalized spacial score (nSPS) is 9.76. The molecule has 1 amide bonds. The van der Waals surface area contributed by atoms with Crippen LogP contribution in [-0.2, 0) is 20.7 Å². The summed E-state index contributed by atoms with van der Waals surface area (Å²) >= 11 is 0. The maximum absolute atomic E-state index is 12.2. The van der Waals surface area contributed by atoms with Gasteiger partial charge in [-0.2, -0.15) is 5.26 Å². The van der Waals surface area contributed by atoms with Gasteiger partial charge in [-0.1, -0.05) is 19.1 Å². The second-order valence-corrected chi connectivity index (χ2v) is 4.47. The van der Waals surface area contributed by atoms with E-state index in [0.717, 1.165) is 12.0 Å². The molecule has 0 unspecified atom stereocenters. The fraction of sp³-hybridized carbons (Fsp3) is 0.438. The number of ether oxygens (including phenoxy) is 1. The van der Waals surface area contributed by atoms with Crippen molar-refractivity contribution in [1.29, 1.82) is 5.26 Å². The SMILES string of the molecule is CCOC(=O)CCC(=O)N(CC#N)c1cccc(CC)c1. The molecule has 0 radical (unpaired) electrons. The summed E-state index contributed by atoms with van der Waals surface area (Å²) < 4.78 is 4.80. The first kappa shape index (κ1) is 16.7. The van der Waals surface area contributed by atoms with Crippen molar-refractivity contribution in [3.05, 3.63) is 29.8 Å². The minimum atomic E-state index is -0.398. The van der Waals surface area contributed by atoms with Gasteiger partial charge in [0.05, 0.1) is 19.1 Å². The smallest absolute Gasteiger partial charge is 0.306 e. The Morgan fingerprint density at radius 1 is 1.29 bits per heavy atom. The zero-order valence-corrected chi connectivity index (χ0v) is 12.5. The van der Waals surface area contributed by atoms with E-state index in [1.54, 1.807) is 13.0 Å². The number of nitrogens with zero attached hydrogens (tertiary/aromatic N) is 2. The van der Waals surface area contributed by atoms with Gasteiger partial charge in [0.25, 0.3) is 0 Å². The zero-order chi connectivity index (χ0) is 15.7. The molecule has 1 aromatic carbocycles. The molecule has 0 saturated carbocycles. The predicted octanol–water partition coefficient (Wildman–Crippen LogP) is 2.45. The molecule has 112 valence electrons. The lowest BCUT2D eigenvalue weighted by atomic mass is 10.1. The third kappa shape index (κ3) is 5.27. The first-order valence-electron chi connectivity index (χ1n) is 7.04. The van der Waals surface area contributed by atoms with Gasteiger partial charge in [-0.3, -0.25) is 14.5 Å². The van der Waals surface area contributed by atoms with Crippen LogP contribution in [0.2, 0.25) is 0 Å². The molecule has 21 heavy (non-hydrogen) atoms. The Kier molecular flexibility index (Phi) is 6.96. The third-order valence-electron chi connectivity index (χ3n) is 3.01. The Morgan fingerprint density at radius 3 is 2.67 bits per heavy atom. The van der Waals surface area contributed by atoms with Gasteiger partial charge in [0, 0.05) is 12.1 Å². The van der Waals surface area contributed by atoms with Crippen molar-refractivity contribution in [2.45, 2.75) is 33.1 Å². The van der Waals surface area contributed by atoms with Crippen LogP contribution in [0.25, 0.3) is 0 Å². The number of esters is 1. The second kappa shape index (κ2) is 8.75. The number of anilines is 1. The molecule has 0 aromatic heterocycles. The van der Waals surface area contributed by atoms with Crippen molar-refractivity contribution in [3.63, 3.8) is 0 Å². The predicted molar refractivity (Wildman–Crippen MR) is 79.7 cm³/mol. The molecule has 0 aliphatic rings. The first-order valence-corrected chi connectivity index (χ1v) is 7.04. The number of nitriles is 1. The van der Waals surface area contributed by atoms with Crippen molar-refractivity contribution in [2.24, 2.45) is 0 Å². The van der Waals surface area contributed by atoms with E-state index < -0.39 is 5.97 Å². The van der Waals surface area contributed by atoms with Crippen LogP contribution in [0.15, 0.2) is 24.3 Å². The highest BCUT2D eigenvalue weighted by Gasteiger charge is 2.17. The Balaban J connectivity index is 2.78. The summed E-state index contributed by atoms with van der Waals surface area (Å²) in [5.41, 5.74) is 1.78. The lowest BCUT2D eigenvalue weighted by molar-refractivity contribution is -0.144. The highest BCUT2D eigenvalue weighted by molar-refractivity contribution is 5.95. The van der Waals surface area contributed by atoms with E-state index >= 15 is 0 Å². The Bertz CT molecular complexity index is 535. The van der Waals surface area contributed by atoms with E-state index in [-0.39, 0.29) is 25.3 Å². The van der Waals surface area contributed by atoms with Crippen LogP contribution in [-0.4, -0.2) is 25.0 Å². The van der Waals surface area contributed by atoms with E-state index in [0.29, 0.717) is 12.3 Å². The average Bonchev–Trinajstić information content (AvgIpc) is 2.50. The maximum atomic E-state index is 12.2. The fourth-order valence-corrected chi connectivity index (χ4v) is 1.92. The largest absolute Gasteiger partial charge is 0.466 e. The van der Waals surface area contributed by atoms with Crippen LogP contribution in [0.1, 0.15) is 32.3 Å².